The number of fused-ring (bicyclic) bond motifs is 1. The number of amides is 1. The van der Waals surface area contributed by atoms with Crippen LogP contribution >= 0.6 is 0 Å². The number of benzene rings is 2. The summed E-state index contributed by atoms with van der Waals surface area (Å²) >= 11 is 0. The Hall–Kier alpha value is -3.39. The number of aromatic nitrogens is 2. The van der Waals surface area contributed by atoms with Gasteiger partial charge in [0.05, 0.1) is 28.7 Å². The van der Waals surface area contributed by atoms with E-state index in [1.165, 1.54) is 6.33 Å². The number of rotatable bonds is 4. The van der Waals surface area contributed by atoms with Crippen LogP contribution in [-0.2, 0) is 14.8 Å². The fourth-order valence-electron chi connectivity index (χ4n) is 2.83. The van der Waals surface area contributed by atoms with Gasteiger partial charge < -0.3 is 10.3 Å². The number of nitrogens with zero attached hydrogens (tertiary/aromatic N) is 1. The number of H-pyrrole nitrogens is 1. The van der Waals surface area contributed by atoms with Crippen LogP contribution in [-0.4, -0.2) is 24.3 Å². The Morgan fingerprint density at radius 2 is 1.89 bits per heavy atom. The highest BCUT2D eigenvalue weighted by atomic mass is 32.2. The van der Waals surface area contributed by atoms with E-state index in [0.717, 1.165) is 5.56 Å². The second kappa shape index (κ2) is 6.40. The zero-order valence-corrected chi connectivity index (χ0v) is 15.2. The van der Waals surface area contributed by atoms with Gasteiger partial charge in [-0.15, -0.1) is 0 Å². The molecule has 4 rings (SSSR count). The van der Waals surface area contributed by atoms with Gasteiger partial charge in [0.1, 0.15) is 0 Å². The third kappa shape index (κ3) is 3.34. The first-order valence-corrected chi connectivity index (χ1v) is 9.66. The Morgan fingerprint density at radius 1 is 1.11 bits per heavy atom. The fraction of sp³-hybridized carbons (Fsp3) is 0.0526. The van der Waals surface area contributed by atoms with E-state index in [9.17, 15) is 13.2 Å². The van der Waals surface area contributed by atoms with Crippen molar-refractivity contribution in [3.63, 3.8) is 0 Å². The lowest BCUT2D eigenvalue weighted by Crippen LogP contribution is -2.13. The Morgan fingerprint density at radius 3 is 2.59 bits per heavy atom. The standard InChI is InChI=1S/C19H16N4O3S/c1-12-2-5-15(6-3-12)27(25,26)23-13-4-7-18-16(8-13)17(19(24)22-18)9-14-10-20-11-21-14/h2-11,23H,1H3,(H,20,21)(H,22,24). The molecule has 0 spiro atoms. The number of carbonyl (C=O) groups excluding carboxylic acids is 1. The lowest BCUT2D eigenvalue weighted by atomic mass is 10.1. The van der Waals surface area contributed by atoms with E-state index in [1.54, 1.807) is 54.7 Å². The third-order valence-corrected chi connectivity index (χ3v) is 5.60. The van der Waals surface area contributed by atoms with Crippen molar-refractivity contribution in [3.8, 4) is 0 Å². The molecule has 136 valence electrons. The van der Waals surface area contributed by atoms with Gasteiger partial charge in [0.25, 0.3) is 15.9 Å². The monoisotopic (exact) mass is 380 g/mol. The second-order valence-electron chi connectivity index (χ2n) is 6.20. The molecule has 0 atom stereocenters. The van der Waals surface area contributed by atoms with Crippen LogP contribution in [0.3, 0.4) is 0 Å². The predicted molar refractivity (Wildman–Crippen MR) is 104 cm³/mol. The van der Waals surface area contributed by atoms with Crippen molar-refractivity contribution in [1.29, 1.82) is 0 Å². The summed E-state index contributed by atoms with van der Waals surface area (Å²) < 4.78 is 27.8. The molecule has 27 heavy (non-hydrogen) atoms. The average Bonchev–Trinajstić information content (AvgIpc) is 3.24. The average molecular weight is 380 g/mol. The Kier molecular flexibility index (Phi) is 4.04. The van der Waals surface area contributed by atoms with Crippen LogP contribution < -0.4 is 10.0 Å². The summed E-state index contributed by atoms with van der Waals surface area (Å²) in [5.74, 6) is -0.252. The van der Waals surface area contributed by atoms with E-state index in [0.29, 0.717) is 28.2 Å². The van der Waals surface area contributed by atoms with E-state index < -0.39 is 10.0 Å². The minimum Gasteiger partial charge on any atom is -0.345 e. The van der Waals surface area contributed by atoms with Crippen molar-refractivity contribution >= 4 is 39.0 Å². The van der Waals surface area contributed by atoms with Crippen LogP contribution in [0.4, 0.5) is 11.4 Å². The molecular formula is C19H16N4O3S. The summed E-state index contributed by atoms with van der Waals surface area (Å²) in [6, 6.07) is 11.5. The highest BCUT2D eigenvalue weighted by molar-refractivity contribution is 7.92. The number of nitrogens with one attached hydrogen (secondary N) is 3. The molecule has 1 aliphatic rings. The molecule has 3 aromatic rings. The van der Waals surface area contributed by atoms with Crippen molar-refractivity contribution in [2.24, 2.45) is 0 Å². The Balaban J connectivity index is 1.68. The van der Waals surface area contributed by atoms with Gasteiger partial charge in [0, 0.05) is 16.9 Å². The van der Waals surface area contributed by atoms with Gasteiger partial charge in [-0.1, -0.05) is 17.7 Å². The molecule has 0 aliphatic carbocycles. The summed E-state index contributed by atoms with van der Waals surface area (Å²) in [5, 5.41) is 2.77. The highest BCUT2D eigenvalue weighted by Gasteiger charge is 2.25. The van der Waals surface area contributed by atoms with Crippen molar-refractivity contribution in [3.05, 3.63) is 71.8 Å². The smallest absolute Gasteiger partial charge is 0.261 e. The van der Waals surface area contributed by atoms with Crippen molar-refractivity contribution in [1.82, 2.24) is 9.97 Å². The van der Waals surface area contributed by atoms with Crippen molar-refractivity contribution in [2.45, 2.75) is 11.8 Å². The fourth-order valence-corrected chi connectivity index (χ4v) is 3.88. The number of aryl methyl sites for hydroxylation is 1. The molecule has 0 bridgehead atoms. The molecule has 2 aromatic carbocycles. The van der Waals surface area contributed by atoms with E-state index in [4.69, 9.17) is 0 Å². The zero-order valence-electron chi connectivity index (χ0n) is 14.4. The molecule has 0 saturated carbocycles. The molecule has 0 saturated heterocycles. The number of hydrogen-bond donors (Lipinski definition) is 3. The molecule has 8 heteroatoms. The largest absolute Gasteiger partial charge is 0.345 e. The van der Waals surface area contributed by atoms with Gasteiger partial charge in [-0.2, -0.15) is 0 Å². The third-order valence-electron chi connectivity index (χ3n) is 4.21. The summed E-state index contributed by atoms with van der Waals surface area (Å²) in [4.78, 5) is 19.3. The first-order valence-electron chi connectivity index (χ1n) is 8.18. The normalized spacial score (nSPS) is 14.9. The summed E-state index contributed by atoms with van der Waals surface area (Å²) in [6.45, 7) is 1.89. The topological polar surface area (TPSA) is 104 Å². The van der Waals surface area contributed by atoms with Gasteiger partial charge in [-0.3, -0.25) is 9.52 Å². The molecular weight excluding hydrogens is 364 g/mol. The molecule has 1 aliphatic heterocycles. The first-order chi connectivity index (χ1) is 12.9. The second-order valence-corrected chi connectivity index (χ2v) is 7.88. The van der Waals surface area contributed by atoms with Gasteiger partial charge in [-0.05, 0) is 43.3 Å². The Bertz CT molecular complexity index is 1150. The SMILES string of the molecule is Cc1ccc(S(=O)(=O)Nc2ccc3c(c2)C(=Cc2cnc[nH]2)C(=O)N3)cc1. The van der Waals surface area contributed by atoms with Crippen LogP contribution in [0, 0.1) is 6.92 Å². The van der Waals surface area contributed by atoms with Crippen LogP contribution in [0.5, 0.6) is 0 Å². The van der Waals surface area contributed by atoms with E-state index >= 15 is 0 Å². The van der Waals surface area contributed by atoms with E-state index in [2.05, 4.69) is 20.0 Å². The van der Waals surface area contributed by atoms with Gasteiger partial charge >= 0.3 is 0 Å². The van der Waals surface area contributed by atoms with E-state index in [-0.39, 0.29) is 10.8 Å². The van der Waals surface area contributed by atoms with Crippen molar-refractivity contribution < 1.29 is 13.2 Å². The maximum atomic E-state index is 12.6. The number of hydrogen-bond acceptors (Lipinski definition) is 4. The van der Waals surface area contributed by atoms with Crippen molar-refractivity contribution in [2.75, 3.05) is 10.0 Å². The molecule has 2 heterocycles. The number of carbonyl (C=O) groups is 1. The minimum absolute atomic E-state index is 0.177. The summed E-state index contributed by atoms with van der Waals surface area (Å²) in [7, 11) is -3.72. The molecule has 0 unspecified atom stereocenters. The molecule has 0 fully saturated rings. The van der Waals surface area contributed by atoms with Crippen LogP contribution in [0.2, 0.25) is 0 Å². The molecule has 1 aromatic heterocycles. The first kappa shape index (κ1) is 17.0. The molecule has 3 N–H and O–H groups in total. The maximum Gasteiger partial charge on any atom is 0.261 e. The van der Waals surface area contributed by atoms with Gasteiger partial charge in [-0.25, -0.2) is 13.4 Å². The predicted octanol–water partition coefficient (Wildman–Crippen LogP) is 3.01. The molecule has 1 amide bonds. The number of imidazole rings is 1. The summed E-state index contributed by atoms with van der Waals surface area (Å²) in [5.41, 5.74) is 3.72. The van der Waals surface area contributed by atoms with Gasteiger partial charge in [0.15, 0.2) is 0 Å². The molecule has 0 radical (unpaired) electrons. The number of aromatic amines is 1. The quantitative estimate of drug-likeness (QED) is 0.605. The summed E-state index contributed by atoms with van der Waals surface area (Å²) in [6.07, 6.45) is 4.79. The molecule has 7 nitrogen and oxygen atoms in total. The van der Waals surface area contributed by atoms with Crippen LogP contribution in [0.25, 0.3) is 11.6 Å². The lowest BCUT2D eigenvalue weighted by molar-refractivity contribution is -0.110. The number of anilines is 2. The van der Waals surface area contributed by atoms with Gasteiger partial charge in [0.2, 0.25) is 0 Å². The van der Waals surface area contributed by atoms with Crippen LogP contribution in [0.15, 0.2) is 59.9 Å². The Labute approximate surface area is 156 Å². The highest BCUT2D eigenvalue weighted by Crippen LogP contribution is 2.35. The lowest BCUT2D eigenvalue weighted by Gasteiger charge is -2.10. The maximum absolute atomic E-state index is 12.6. The van der Waals surface area contributed by atoms with Crippen LogP contribution in [0.1, 0.15) is 16.8 Å². The minimum atomic E-state index is -3.72. The van der Waals surface area contributed by atoms with E-state index in [1.807, 2.05) is 6.92 Å². The number of sulfonamides is 1. The zero-order chi connectivity index (χ0) is 19.0.